The smallest absolute Gasteiger partial charge is 0.271 e. The second kappa shape index (κ2) is 11.1. The number of hydrogen-bond donors (Lipinski definition) is 1. The molecule has 1 aromatic carbocycles. The Kier molecular flexibility index (Phi) is 8.11. The third-order valence-corrected chi connectivity index (χ3v) is 7.17. The molecule has 0 radical (unpaired) electrons. The maximum absolute atomic E-state index is 13.7. The van der Waals surface area contributed by atoms with Gasteiger partial charge in [-0.05, 0) is 64.3 Å². The topological polar surface area (TPSA) is 80.3 Å². The van der Waals surface area contributed by atoms with Crippen molar-refractivity contribution in [1.29, 1.82) is 0 Å². The van der Waals surface area contributed by atoms with Crippen LogP contribution in [0.1, 0.15) is 62.7 Å². The van der Waals surface area contributed by atoms with Crippen LogP contribution < -0.4 is 15.0 Å². The average molecular weight is 474 g/mol. The molecule has 2 saturated heterocycles. The molecule has 2 amide bonds. The second-order valence-electron chi connectivity index (χ2n) is 9.85. The second-order valence-corrected chi connectivity index (χ2v) is 9.85. The SMILES string of the molecule is COCCCCN1C(=O)C2(CCOCC2)Oc2ccc(C(=O)N(C(C)C)[C@@H]3CCCNC3)cc21. The lowest BCUT2D eigenvalue weighted by Gasteiger charge is -2.44. The predicted octanol–water partition coefficient (Wildman–Crippen LogP) is 2.99. The Bertz CT molecular complexity index is 862. The zero-order chi connectivity index (χ0) is 24.1. The molecule has 1 spiro atoms. The van der Waals surface area contributed by atoms with Crippen LogP contribution in [0.2, 0.25) is 0 Å². The summed E-state index contributed by atoms with van der Waals surface area (Å²) in [6.07, 6.45) is 4.82. The third-order valence-electron chi connectivity index (χ3n) is 7.17. The number of nitrogens with one attached hydrogen (secondary N) is 1. The molecule has 3 aliphatic heterocycles. The number of amides is 2. The number of fused-ring (bicyclic) bond motifs is 1. The molecule has 0 aliphatic carbocycles. The van der Waals surface area contributed by atoms with Crippen molar-refractivity contribution in [2.24, 2.45) is 0 Å². The molecule has 1 aromatic rings. The van der Waals surface area contributed by atoms with Crippen molar-refractivity contribution in [1.82, 2.24) is 10.2 Å². The van der Waals surface area contributed by atoms with E-state index in [0.29, 0.717) is 56.2 Å². The van der Waals surface area contributed by atoms with Crippen LogP contribution >= 0.6 is 0 Å². The van der Waals surface area contributed by atoms with Gasteiger partial charge in [-0.1, -0.05) is 0 Å². The van der Waals surface area contributed by atoms with Crippen molar-refractivity contribution in [2.45, 2.75) is 70.1 Å². The quantitative estimate of drug-likeness (QED) is 0.585. The fraction of sp³-hybridized carbons (Fsp3) is 0.692. The molecule has 2 fully saturated rings. The summed E-state index contributed by atoms with van der Waals surface area (Å²) < 4.78 is 17.1. The van der Waals surface area contributed by atoms with Gasteiger partial charge in [-0.25, -0.2) is 0 Å². The van der Waals surface area contributed by atoms with Crippen LogP contribution in [-0.2, 0) is 14.3 Å². The van der Waals surface area contributed by atoms with E-state index < -0.39 is 5.60 Å². The van der Waals surface area contributed by atoms with Gasteiger partial charge in [0.2, 0.25) is 0 Å². The van der Waals surface area contributed by atoms with Crippen LogP contribution in [0.3, 0.4) is 0 Å². The van der Waals surface area contributed by atoms with Gasteiger partial charge in [-0.3, -0.25) is 9.59 Å². The number of benzene rings is 1. The van der Waals surface area contributed by atoms with Crippen molar-refractivity contribution in [2.75, 3.05) is 51.5 Å². The van der Waals surface area contributed by atoms with Crippen LogP contribution in [0.4, 0.5) is 5.69 Å². The Hall–Kier alpha value is -2.16. The summed E-state index contributed by atoms with van der Waals surface area (Å²) in [6, 6.07) is 5.82. The average Bonchev–Trinajstić information content (AvgIpc) is 2.85. The van der Waals surface area contributed by atoms with E-state index in [2.05, 4.69) is 19.2 Å². The van der Waals surface area contributed by atoms with Gasteiger partial charge in [0.1, 0.15) is 5.75 Å². The Labute approximate surface area is 202 Å². The minimum Gasteiger partial charge on any atom is -0.475 e. The first-order chi connectivity index (χ1) is 16.5. The summed E-state index contributed by atoms with van der Waals surface area (Å²) in [7, 11) is 1.69. The molecule has 188 valence electrons. The van der Waals surface area contributed by atoms with Crippen LogP contribution in [0.5, 0.6) is 5.75 Å². The van der Waals surface area contributed by atoms with Crippen molar-refractivity contribution >= 4 is 17.5 Å². The van der Waals surface area contributed by atoms with Gasteiger partial charge in [0.05, 0.1) is 18.9 Å². The zero-order valence-corrected chi connectivity index (χ0v) is 20.8. The fourth-order valence-corrected chi connectivity index (χ4v) is 5.35. The number of rotatable bonds is 8. The van der Waals surface area contributed by atoms with Gasteiger partial charge >= 0.3 is 0 Å². The molecule has 8 nitrogen and oxygen atoms in total. The molecule has 0 unspecified atom stereocenters. The van der Waals surface area contributed by atoms with Crippen molar-refractivity contribution < 1.29 is 23.8 Å². The Morgan fingerprint density at radius 1 is 1.29 bits per heavy atom. The molecule has 1 atom stereocenters. The van der Waals surface area contributed by atoms with Gasteiger partial charge in [-0.15, -0.1) is 0 Å². The number of hydrogen-bond acceptors (Lipinski definition) is 6. The number of unbranched alkanes of at least 4 members (excludes halogenated alkanes) is 1. The highest BCUT2D eigenvalue weighted by Crippen LogP contribution is 2.42. The largest absolute Gasteiger partial charge is 0.475 e. The van der Waals surface area contributed by atoms with Gasteiger partial charge in [0.15, 0.2) is 5.60 Å². The molecule has 8 heteroatoms. The molecule has 0 aromatic heterocycles. The van der Waals surface area contributed by atoms with Crippen LogP contribution in [0, 0.1) is 0 Å². The van der Waals surface area contributed by atoms with Crippen molar-refractivity contribution in [3.63, 3.8) is 0 Å². The zero-order valence-electron chi connectivity index (χ0n) is 20.8. The fourth-order valence-electron chi connectivity index (χ4n) is 5.35. The number of nitrogens with zero attached hydrogens (tertiary/aromatic N) is 2. The minimum absolute atomic E-state index is 0.00429. The standard InChI is InChI=1S/C26H39N3O5/c1-19(2)29(21-7-6-12-27-18-21)24(30)20-8-9-23-22(17-20)28(13-4-5-14-32-3)25(31)26(34-23)10-15-33-16-11-26/h8-9,17,19,21,27H,4-7,10-16,18H2,1-3H3/t21-/m1/s1. The van der Waals surface area contributed by atoms with Crippen molar-refractivity contribution in [3.05, 3.63) is 23.8 Å². The van der Waals surface area contributed by atoms with Gasteiger partial charge < -0.3 is 29.3 Å². The maximum Gasteiger partial charge on any atom is 0.271 e. The summed E-state index contributed by atoms with van der Waals surface area (Å²) in [5, 5.41) is 3.42. The number of ether oxygens (including phenoxy) is 3. The molecule has 34 heavy (non-hydrogen) atoms. The lowest BCUT2D eigenvalue weighted by atomic mass is 9.89. The first-order valence-electron chi connectivity index (χ1n) is 12.7. The highest BCUT2D eigenvalue weighted by atomic mass is 16.5. The van der Waals surface area contributed by atoms with E-state index in [1.165, 1.54) is 0 Å². The monoisotopic (exact) mass is 473 g/mol. The maximum atomic E-state index is 13.7. The Morgan fingerprint density at radius 3 is 2.76 bits per heavy atom. The van der Waals surface area contributed by atoms with E-state index in [4.69, 9.17) is 14.2 Å². The summed E-state index contributed by atoms with van der Waals surface area (Å²) in [4.78, 5) is 31.2. The number of piperidine rings is 1. The van der Waals surface area contributed by atoms with Crippen LogP contribution in [-0.4, -0.2) is 81.0 Å². The molecule has 0 bridgehead atoms. The van der Waals surface area contributed by atoms with Gasteiger partial charge in [0.25, 0.3) is 11.8 Å². The molecular weight excluding hydrogens is 434 g/mol. The lowest BCUT2D eigenvalue weighted by molar-refractivity contribution is -0.144. The molecule has 3 heterocycles. The molecule has 4 rings (SSSR count). The highest BCUT2D eigenvalue weighted by Gasteiger charge is 2.49. The lowest BCUT2D eigenvalue weighted by Crippen LogP contribution is -2.58. The number of anilines is 1. The van der Waals surface area contributed by atoms with Crippen LogP contribution in [0.25, 0.3) is 0 Å². The molecule has 0 saturated carbocycles. The van der Waals surface area contributed by atoms with Crippen molar-refractivity contribution in [3.8, 4) is 5.75 Å². The van der Waals surface area contributed by atoms with E-state index in [-0.39, 0.29) is 23.9 Å². The van der Waals surface area contributed by atoms with E-state index in [9.17, 15) is 9.59 Å². The predicted molar refractivity (Wildman–Crippen MR) is 131 cm³/mol. The van der Waals surface area contributed by atoms with E-state index in [1.54, 1.807) is 7.11 Å². The minimum atomic E-state index is -0.879. The van der Waals surface area contributed by atoms with E-state index in [0.717, 1.165) is 38.8 Å². The number of methoxy groups -OCH3 is 1. The van der Waals surface area contributed by atoms with E-state index >= 15 is 0 Å². The molecule has 3 aliphatic rings. The summed E-state index contributed by atoms with van der Waals surface area (Å²) >= 11 is 0. The Morgan fingerprint density at radius 2 is 2.09 bits per heavy atom. The normalized spacial score (nSPS) is 21.9. The summed E-state index contributed by atoms with van der Waals surface area (Å²) in [5.41, 5.74) is 0.408. The van der Waals surface area contributed by atoms with Gasteiger partial charge in [-0.2, -0.15) is 0 Å². The summed E-state index contributed by atoms with van der Waals surface area (Å²) in [5.74, 6) is 0.646. The number of carbonyl (C=O) groups excluding carboxylic acids is 2. The van der Waals surface area contributed by atoms with Gasteiger partial charge in [0, 0.05) is 57.3 Å². The highest BCUT2D eigenvalue weighted by molar-refractivity contribution is 6.05. The Balaban J connectivity index is 1.64. The van der Waals surface area contributed by atoms with E-state index in [1.807, 2.05) is 28.0 Å². The third kappa shape index (κ3) is 5.09. The first-order valence-corrected chi connectivity index (χ1v) is 12.7. The number of carbonyl (C=O) groups is 2. The first kappa shape index (κ1) is 24.9. The molecular formula is C26H39N3O5. The summed E-state index contributed by atoms with van der Waals surface area (Å²) in [6.45, 7) is 8.18. The van der Waals surface area contributed by atoms with Crippen LogP contribution in [0.15, 0.2) is 18.2 Å². The molecule has 1 N–H and O–H groups in total.